The fourth-order valence-electron chi connectivity index (χ4n) is 3.88. The van der Waals surface area contributed by atoms with Gasteiger partial charge in [-0.15, -0.1) is 0 Å². The summed E-state index contributed by atoms with van der Waals surface area (Å²) in [4.78, 5) is 14.3. The molecule has 3 rings (SSSR count). The predicted octanol–water partition coefficient (Wildman–Crippen LogP) is 4.10. The Bertz CT molecular complexity index is 704. The van der Waals surface area contributed by atoms with E-state index in [0.717, 1.165) is 51.6 Å². The molecule has 6 nitrogen and oxygen atoms in total. The van der Waals surface area contributed by atoms with Crippen LogP contribution in [0.15, 0.2) is 29.2 Å². The van der Waals surface area contributed by atoms with E-state index < -0.39 is 10.0 Å². The molecule has 2 fully saturated rings. The van der Waals surface area contributed by atoms with E-state index >= 15 is 0 Å². The zero-order chi connectivity index (χ0) is 19.1. The first-order valence-corrected chi connectivity index (χ1v) is 11.7. The summed E-state index contributed by atoms with van der Waals surface area (Å²) in [6.07, 6.45) is 10.8. The zero-order valence-corrected chi connectivity index (χ0v) is 16.8. The number of nitrogens with one attached hydrogen (secondary N) is 2. The van der Waals surface area contributed by atoms with Gasteiger partial charge in [-0.1, -0.05) is 32.1 Å². The van der Waals surface area contributed by atoms with Crippen LogP contribution in [0, 0.1) is 0 Å². The van der Waals surface area contributed by atoms with Crippen molar-refractivity contribution >= 4 is 21.7 Å². The smallest absolute Gasteiger partial charge is 0.321 e. The van der Waals surface area contributed by atoms with Crippen molar-refractivity contribution in [3.63, 3.8) is 0 Å². The third kappa shape index (κ3) is 5.94. The summed E-state index contributed by atoms with van der Waals surface area (Å²) in [7, 11) is -3.53. The second-order valence-electron chi connectivity index (χ2n) is 7.67. The van der Waals surface area contributed by atoms with Crippen molar-refractivity contribution in [1.82, 2.24) is 9.62 Å². The Morgan fingerprint density at radius 3 is 2.04 bits per heavy atom. The first-order chi connectivity index (χ1) is 13.0. The summed E-state index contributed by atoms with van der Waals surface area (Å²) in [5, 5.41) is 2.86. The van der Waals surface area contributed by atoms with Crippen LogP contribution < -0.4 is 10.0 Å². The van der Waals surface area contributed by atoms with Gasteiger partial charge >= 0.3 is 6.03 Å². The number of hydrogen-bond acceptors (Lipinski definition) is 3. The summed E-state index contributed by atoms with van der Waals surface area (Å²) in [5.41, 5.74) is 0.621. The SMILES string of the molecule is O=C(Nc1ccc(S(=O)(=O)NC2CCCCCCC2)cc1)N1CCCCC1. The molecule has 0 spiro atoms. The van der Waals surface area contributed by atoms with Crippen molar-refractivity contribution in [2.24, 2.45) is 0 Å². The number of hydrogen-bond donors (Lipinski definition) is 2. The number of urea groups is 1. The van der Waals surface area contributed by atoms with Gasteiger partial charge in [0.2, 0.25) is 10.0 Å². The van der Waals surface area contributed by atoms with Gasteiger partial charge in [-0.25, -0.2) is 17.9 Å². The molecule has 1 heterocycles. The molecular weight excluding hydrogens is 362 g/mol. The van der Waals surface area contributed by atoms with Crippen molar-refractivity contribution in [3.05, 3.63) is 24.3 Å². The Morgan fingerprint density at radius 2 is 1.41 bits per heavy atom. The van der Waals surface area contributed by atoms with Crippen LogP contribution in [0.2, 0.25) is 0 Å². The molecule has 1 saturated carbocycles. The number of rotatable bonds is 4. The molecule has 0 unspecified atom stereocenters. The third-order valence-corrected chi connectivity index (χ3v) is 7.02. The Balaban J connectivity index is 1.58. The highest BCUT2D eigenvalue weighted by molar-refractivity contribution is 7.89. The minimum atomic E-state index is -3.53. The number of nitrogens with zero attached hydrogens (tertiary/aromatic N) is 1. The molecule has 1 aliphatic heterocycles. The maximum Gasteiger partial charge on any atom is 0.321 e. The van der Waals surface area contributed by atoms with Crippen LogP contribution in [0.3, 0.4) is 0 Å². The number of likely N-dealkylation sites (tertiary alicyclic amines) is 1. The Morgan fingerprint density at radius 1 is 0.852 bits per heavy atom. The maximum absolute atomic E-state index is 12.7. The van der Waals surface area contributed by atoms with E-state index in [1.165, 1.54) is 25.7 Å². The average Bonchev–Trinajstić information content (AvgIpc) is 2.65. The fourth-order valence-corrected chi connectivity index (χ4v) is 5.18. The molecule has 0 atom stereocenters. The highest BCUT2D eigenvalue weighted by Gasteiger charge is 2.21. The lowest BCUT2D eigenvalue weighted by atomic mass is 9.97. The zero-order valence-electron chi connectivity index (χ0n) is 16.0. The summed E-state index contributed by atoms with van der Waals surface area (Å²) in [6, 6.07) is 6.36. The van der Waals surface area contributed by atoms with E-state index in [4.69, 9.17) is 0 Å². The molecule has 0 bridgehead atoms. The average molecular weight is 394 g/mol. The number of piperidine rings is 1. The summed E-state index contributed by atoms with van der Waals surface area (Å²) in [5.74, 6) is 0. The molecule has 1 aromatic rings. The number of carbonyl (C=O) groups excluding carboxylic acids is 1. The highest BCUT2D eigenvalue weighted by Crippen LogP contribution is 2.20. The van der Waals surface area contributed by atoms with Crippen molar-refractivity contribution in [1.29, 1.82) is 0 Å². The lowest BCUT2D eigenvalue weighted by Gasteiger charge is -2.26. The molecule has 1 aliphatic carbocycles. The number of benzene rings is 1. The van der Waals surface area contributed by atoms with Crippen molar-refractivity contribution in [3.8, 4) is 0 Å². The normalized spacial score (nSPS) is 19.9. The van der Waals surface area contributed by atoms with Crippen molar-refractivity contribution < 1.29 is 13.2 Å². The highest BCUT2D eigenvalue weighted by atomic mass is 32.2. The van der Waals surface area contributed by atoms with Gasteiger partial charge in [0.1, 0.15) is 0 Å². The van der Waals surface area contributed by atoms with Crippen LogP contribution in [0.25, 0.3) is 0 Å². The second-order valence-corrected chi connectivity index (χ2v) is 9.38. The van der Waals surface area contributed by atoms with E-state index in [1.807, 2.05) is 4.90 Å². The molecule has 2 amide bonds. The van der Waals surface area contributed by atoms with Gasteiger partial charge in [-0.3, -0.25) is 0 Å². The van der Waals surface area contributed by atoms with Gasteiger partial charge in [0, 0.05) is 24.8 Å². The van der Waals surface area contributed by atoms with Crippen molar-refractivity contribution in [2.75, 3.05) is 18.4 Å². The molecule has 0 aromatic heterocycles. The standard InChI is InChI=1S/C20H31N3O3S/c24-20(23-15-7-4-8-16-23)21-17-11-13-19(14-12-17)27(25,26)22-18-9-5-2-1-3-6-10-18/h11-14,18,22H,1-10,15-16H2,(H,21,24). The lowest BCUT2D eigenvalue weighted by molar-refractivity contribution is 0.200. The fraction of sp³-hybridized carbons (Fsp3) is 0.650. The first kappa shape index (κ1) is 20.1. The van der Waals surface area contributed by atoms with Gasteiger partial charge in [-0.05, 0) is 56.4 Å². The Labute approximate surface area is 162 Å². The Kier molecular flexibility index (Phi) is 7.13. The first-order valence-electron chi connectivity index (χ1n) is 10.2. The molecule has 1 aromatic carbocycles. The van der Waals surface area contributed by atoms with E-state index in [2.05, 4.69) is 10.0 Å². The maximum atomic E-state index is 12.7. The van der Waals surface area contributed by atoms with Gasteiger partial charge in [-0.2, -0.15) is 0 Å². The van der Waals surface area contributed by atoms with Gasteiger partial charge in [0.15, 0.2) is 0 Å². The summed E-state index contributed by atoms with van der Waals surface area (Å²) in [6.45, 7) is 1.56. The molecule has 1 saturated heterocycles. The second kappa shape index (κ2) is 9.55. The topological polar surface area (TPSA) is 78.5 Å². The molecule has 0 radical (unpaired) electrons. The molecule has 2 aliphatic rings. The van der Waals surface area contributed by atoms with Crippen LogP contribution in [0.5, 0.6) is 0 Å². The van der Waals surface area contributed by atoms with Crippen LogP contribution in [0.1, 0.15) is 64.2 Å². The number of amides is 2. The Hall–Kier alpha value is -1.60. The van der Waals surface area contributed by atoms with Gasteiger partial charge in [0.05, 0.1) is 4.90 Å². The summed E-state index contributed by atoms with van der Waals surface area (Å²) >= 11 is 0. The quantitative estimate of drug-likeness (QED) is 0.808. The number of anilines is 1. The van der Waals surface area contributed by atoms with E-state index in [-0.39, 0.29) is 17.0 Å². The third-order valence-electron chi connectivity index (χ3n) is 5.49. The van der Waals surface area contributed by atoms with Crippen LogP contribution in [0.4, 0.5) is 10.5 Å². The van der Waals surface area contributed by atoms with Crippen molar-refractivity contribution in [2.45, 2.75) is 75.1 Å². The van der Waals surface area contributed by atoms with Gasteiger partial charge < -0.3 is 10.2 Å². The molecular formula is C20H31N3O3S. The molecule has 27 heavy (non-hydrogen) atoms. The van der Waals surface area contributed by atoms with Crippen LogP contribution in [-0.4, -0.2) is 38.5 Å². The van der Waals surface area contributed by atoms with Crippen LogP contribution >= 0.6 is 0 Å². The summed E-state index contributed by atoms with van der Waals surface area (Å²) < 4.78 is 28.2. The van der Waals surface area contributed by atoms with E-state index in [0.29, 0.717) is 5.69 Å². The number of sulfonamides is 1. The molecule has 7 heteroatoms. The largest absolute Gasteiger partial charge is 0.325 e. The van der Waals surface area contributed by atoms with Crippen LogP contribution in [-0.2, 0) is 10.0 Å². The van der Waals surface area contributed by atoms with E-state index in [9.17, 15) is 13.2 Å². The lowest BCUT2D eigenvalue weighted by Crippen LogP contribution is -2.38. The molecule has 2 N–H and O–H groups in total. The molecule has 150 valence electrons. The number of carbonyl (C=O) groups is 1. The predicted molar refractivity (Wildman–Crippen MR) is 107 cm³/mol. The minimum Gasteiger partial charge on any atom is -0.325 e. The van der Waals surface area contributed by atoms with E-state index in [1.54, 1.807) is 24.3 Å². The minimum absolute atomic E-state index is 0.0220. The monoisotopic (exact) mass is 393 g/mol. The van der Waals surface area contributed by atoms with Gasteiger partial charge in [0.25, 0.3) is 0 Å².